The van der Waals surface area contributed by atoms with Crippen LogP contribution >= 0.6 is 0 Å². The first kappa shape index (κ1) is 12.9. The van der Waals surface area contributed by atoms with Crippen LogP contribution in [-0.2, 0) is 0 Å². The van der Waals surface area contributed by atoms with Crippen LogP contribution in [0.15, 0.2) is 24.3 Å². The molecule has 1 aliphatic rings. The molecule has 0 saturated carbocycles. The maximum absolute atomic E-state index is 12.0. The van der Waals surface area contributed by atoms with Gasteiger partial charge in [0.25, 0.3) is 5.91 Å². The second kappa shape index (κ2) is 5.87. The number of anilines is 1. The molecule has 0 aliphatic carbocycles. The Bertz CT molecular complexity index is 394. The first-order chi connectivity index (χ1) is 8.66. The third-order valence-electron chi connectivity index (χ3n) is 3.28. The zero-order valence-electron chi connectivity index (χ0n) is 11.1. The predicted molar refractivity (Wildman–Crippen MR) is 74.1 cm³/mol. The number of nitrogens with one attached hydrogen (secondary N) is 2. The third kappa shape index (κ3) is 3.23. The van der Waals surface area contributed by atoms with Crippen molar-refractivity contribution in [3.8, 4) is 0 Å². The fourth-order valence-corrected chi connectivity index (χ4v) is 2.15. The van der Waals surface area contributed by atoms with Crippen LogP contribution in [0, 0.1) is 0 Å². The van der Waals surface area contributed by atoms with Gasteiger partial charge in [0, 0.05) is 37.9 Å². The molecule has 1 amide bonds. The Labute approximate surface area is 108 Å². The van der Waals surface area contributed by atoms with Crippen LogP contribution in [0.4, 0.5) is 5.69 Å². The van der Waals surface area contributed by atoms with Gasteiger partial charge in [-0.1, -0.05) is 0 Å². The van der Waals surface area contributed by atoms with Crippen molar-refractivity contribution < 1.29 is 4.79 Å². The number of carbonyl (C=O) groups excluding carboxylic acids is 1. The van der Waals surface area contributed by atoms with E-state index in [-0.39, 0.29) is 11.9 Å². The number of nitrogens with zero attached hydrogens (tertiary/aromatic N) is 1. The molecule has 0 aromatic heterocycles. The van der Waals surface area contributed by atoms with Crippen molar-refractivity contribution in [1.82, 2.24) is 10.6 Å². The zero-order valence-corrected chi connectivity index (χ0v) is 11.1. The van der Waals surface area contributed by atoms with E-state index in [1.807, 2.05) is 43.3 Å². The molecule has 0 unspecified atom stereocenters. The van der Waals surface area contributed by atoms with E-state index in [4.69, 9.17) is 0 Å². The largest absolute Gasteiger partial charge is 0.378 e. The smallest absolute Gasteiger partial charge is 0.251 e. The first-order valence-corrected chi connectivity index (χ1v) is 6.46. The van der Waals surface area contributed by atoms with Gasteiger partial charge in [-0.25, -0.2) is 0 Å². The average molecular weight is 247 g/mol. The number of carbonyl (C=O) groups is 1. The van der Waals surface area contributed by atoms with Gasteiger partial charge in [0.15, 0.2) is 0 Å². The maximum Gasteiger partial charge on any atom is 0.251 e. The summed E-state index contributed by atoms with van der Waals surface area (Å²) in [5.74, 6) is 0.0222. The zero-order chi connectivity index (χ0) is 13.0. The van der Waals surface area contributed by atoms with E-state index in [9.17, 15) is 4.79 Å². The van der Waals surface area contributed by atoms with Gasteiger partial charge in [-0.05, 0) is 43.7 Å². The van der Waals surface area contributed by atoms with Crippen LogP contribution in [0.5, 0.6) is 0 Å². The van der Waals surface area contributed by atoms with Crippen LogP contribution in [0.2, 0.25) is 0 Å². The Balaban J connectivity index is 1.95. The Morgan fingerprint density at radius 2 is 2.06 bits per heavy atom. The van der Waals surface area contributed by atoms with Gasteiger partial charge in [0.1, 0.15) is 0 Å². The van der Waals surface area contributed by atoms with E-state index in [1.165, 1.54) is 0 Å². The summed E-state index contributed by atoms with van der Waals surface area (Å²) in [7, 11) is 3.98. The highest BCUT2D eigenvalue weighted by molar-refractivity contribution is 5.94. The van der Waals surface area contributed by atoms with Crippen LogP contribution in [0.25, 0.3) is 0 Å². The number of hydrogen-bond acceptors (Lipinski definition) is 3. The topological polar surface area (TPSA) is 44.4 Å². The van der Waals surface area contributed by atoms with E-state index >= 15 is 0 Å². The molecule has 2 N–H and O–H groups in total. The van der Waals surface area contributed by atoms with Crippen LogP contribution in [-0.4, -0.2) is 39.1 Å². The molecule has 1 saturated heterocycles. The standard InChI is InChI=1S/C14H21N3O/c1-17(2)13-7-5-11(6-8-13)14(18)16-12-4-3-9-15-10-12/h5-8,12,15H,3-4,9-10H2,1-2H3,(H,16,18)/t12-/m1/s1. The number of amides is 1. The van der Waals surface area contributed by atoms with Crippen LogP contribution < -0.4 is 15.5 Å². The molecule has 4 heteroatoms. The van der Waals surface area contributed by atoms with Gasteiger partial charge in [-0.2, -0.15) is 0 Å². The minimum atomic E-state index is 0.0222. The SMILES string of the molecule is CN(C)c1ccc(C(=O)N[C@@H]2CCCNC2)cc1. The number of rotatable bonds is 3. The highest BCUT2D eigenvalue weighted by Gasteiger charge is 2.16. The molecule has 2 rings (SSSR count). The van der Waals surface area contributed by atoms with Gasteiger partial charge in [-0.3, -0.25) is 4.79 Å². The highest BCUT2D eigenvalue weighted by Crippen LogP contribution is 2.12. The van der Waals surface area contributed by atoms with E-state index < -0.39 is 0 Å². The molecule has 0 bridgehead atoms. The lowest BCUT2D eigenvalue weighted by molar-refractivity contribution is 0.0930. The molecule has 18 heavy (non-hydrogen) atoms. The van der Waals surface area contributed by atoms with Crippen molar-refractivity contribution in [2.75, 3.05) is 32.1 Å². The Morgan fingerprint density at radius 1 is 1.33 bits per heavy atom. The highest BCUT2D eigenvalue weighted by atomic mass is 16.1. The average Bonchev–Trinajstić information content (AvgIpc) is 2.40. The summed E-state index contributed by atoms with van der Waals surface area (Å²) in [6.45, 7) is 1.94. The fourth-order valence-electron chi connectivity index (χ4n) is 2.15. The Hall–Kier alpha value is -1.55. The summed E-state index contributed by atoms with van der Waals surface area (Å²) in [4.78, 5) is 14.1. The van der Waals surface area contributed by atoms with Crippen molar-refractivity contribution in [1.29, 1.82) is 0 Å². The molecule has 0 radical (unpaired) electrons. The molecule has 1 aromatic carbocycles. The summed E-state index contributed by atoms with van der Waals surface area (Å²) in [6, 6.07) is 7.95. The van der Waals surface area contributed by atoms with Crippen molar-refractivity contribution in [2.24, 2.45) is 0 Å². The van der Waals surface area contributed by atoms with Gasteiger partial charge in [0.2, 0.25) is 0 Å². The van der Waals surface area contributed by atoms with Crippen molar-refractivity contribution in [3.05, 3.63) is 29.8 Å². The molecule has 0 spiro atoms. The van der Waals surface area contributed by atoms with Crippen LogP contribution in [0.1, 0.15) is 23.2 Å². The lowest BCUT2D eigenvalue weighted by Gasteiger charge is -2.23. The summed E-state index contributed by atoms with van der Waals surface area (Å²) in [5, 5.41) is 6.36. The maximum atomic E-state index is 12.0. The van der Waals surface area contributed by atoms with E-state index in [1.54, 1.807) is 0 Å². The molecule has 4 nitrogen and oxygen atoms in total. The molecular weight excluding hydrogens is 226 g/mol. The molecule has 1 atom stereocenters. The molecule has 1 heterocycles. The molecule has 1 aromatic rings. The van der Waals surface area contributed by atoms with Gasteiger partial charge < -0.3 is 15.5 Å². The number of hydrogen-bond donors (Lipinski definition) is 2. The molecular formula is C14H21N3O. The normalized spacial score (nSPS) is 19.3. The molecule has 98 valence electrons. The van der Waals surface area contributed by atoms with Crippen LogP contribution in [0.3, 0.4) is 0 Å². The van der Waals surface area contributed by atoms with Gasteiger partial charge >= 0.3 is 0 Å². The minimum Gasteiger partial charge on any atom is -0.378 e. The summed E-state index contributed by atoms with van der Waals surface area (Å²) >= 11 is 0. The van der Waals surface area contributed by atoms with E-state index in [0.29, 0.717) is 0 Å². The lowest BCUT2D eigenvalue weighted by atomic mass is 10.1. The second-order valence-electron chi connectivity index (χ2n) is 4.96. The Morgan fingerprint density at radius 3 is 2.61 bits per heavy atom. The molecule has 1 fully saturated rings. The second-order valence-corrected chi connectivity index (χ2v) is 4.96. The summed E-state index contributed by atoms with van der Waals surface area (Å²) < 4.78 is 0. The Kier molecular flexibility index (Phi) is 4.20. The third-order valence-corrected chi connectivity index (χ3v) is 3.28. The van der Waals surface area contributed by atoms with Crippen molar-refractivity contribution >= 4 is 11.6 Å². The van der Waals surface area contributed by atoms with E-state index in [2.05, 4.69) is 10.6 Å². The van der Waals surface area contributed by atoms with Gasteiger partial charge in [0.05, 0.1) is 0 Å². The van der Waals surface area contributed by atoms with Crippen molar-refractivity contribution in [3.63, 3.8) is 0 Å². The summed E-state index contributed by atoms with van der Waals surface area (Å²) in [5.41, 5.74) is 1.83. The quantitative estimate of drug-likeness (QED) is 0.844. The van der Waals surface area contributed by atoms with Gasteiger partial charge in [-0.15, -0.1) is 0 Å². The lowest BCUT2D eigenvalue weighted by Crippen LogP contribution is -2.45. The molecule has 1 aliphatic heterocycles. The minimum absolute atomic E-state index is 0.0222. The predicted octanol–water partition coefficient (Wildman–Crippen LogP) is 1.23. The fraction of sp³-hybridized carbons (Fsp3) is 0.500. The number of piperidine rings is 1. The monoisotopic (exact) mass is 247 g/mol. The summed E-state index contributed by atoms with van der Waals surface area (Å²) in [6.07, 6.45) is 2.19. The van der Waals surface area contributed by atoms with E-state index in [0.717, 1.165) is 37.2 Å². The van der Waals surface area contributed by atoms with Crippen molar-refractivity contribution in [2.45, 2.75) is 18.9 Å². The number of benzene rings is 1. The first-order valence-electron chi connectivity index (χ1n) is 6.46.